The minimum Gasteiger partial charge on any atom is -0.496 e. The molecular formula is C15H21BrN2O2. The molecule has 1 aliphatic rings. The fourth-order valence-electron chi connectivity index (χ4n) is 2.45. The molecule has 20 heavy (non-hydrogen) atoms. The Balaban J connectivity index is 1.98. The largest absolute Gasteiger partial charge is 0.496 e. The lowest BCUT2D eigenvalue weighted by Gasteiger charge is -2.24. The van der Waals surface area contributed by atoms with Crippen LogP contribution in [0, 0.1) is 5.92 Å². The second kappa shape index (κ2) is 7.09. The number of hydrogen-bond acceptors (Lipinski definition) is 3. The van der Waals surface area contributed by atoms with Gasteiger partial charge in [0.1, 0.15) is 5.75 Å². The molecule has 1 heterocycles. The molecule has 1 aliphatic heterocycles. The first-order chi connectivity index (χ1) is 9.61. The quantitative estimate of drug-likeness (QED) is 0.885. The average molecular weight is 341 g/mol. The van der Waals surface area contributed by atoms with E-state index >= 15 is 0 Å². The zero-order valence-electron chi connectivity index (χ0n) is 11.9. The predicted molar refractivity (Wildman–Crippen MR) is 82.8 cm³/mol. The highest BCUT2D eigenvalue weighted by atomic mass is 79.9. The van der Waals surface area contributed by atoms with Gasteiger partial charge in [-0.1, -0.05) is 6.07 Å². The van der Waals surface area contributed by atoms with Crippen LogP contribution in [0.15, 0.2) is 22.7 Å². The van der Waals surface area contributed by atoms with E-state index in [-0.39, 0.29) is 17.9 Å². The number of halogens is 1. The Kier molecular flexibility index (Phi) is 5.43. The smallest absolute Gasteiger partial charge is 0.223 e. The van der Waals surface area contributed by atoms with E-state index in [2.05, 4.69) is 26.6 Å². The van der Waals surface area contributed by atoms with Crippen molar-refractivity contribution < 1.29 is 9.53 Å². The summed E-state index contributed by atoms with van der Waals surface area (Å²) in [5.74, 6) is 1.09. The van der Waals surface area contributed by atoms with Crippen molar-refractivity contribution in [3.8, 4) is 5.75 Å². The van der Waals surface area contributed by atoms with Gasteiger partial charge in [-0.15, -0.1) is 0 Å². The van der Waals surface area contributed by atoms with Crippen LogP contribution in [0.4, 0.5) is 0 Å². The fourth-order valence-corrected chi connectivity index (χ4v) is 3.01. The molecule has 1 unspecified atom stereocenters. The summed E-state index contributed by atoms with van der Waals surface area (Å²) in [7, 11) is 1.64. The van der Waals surface area contributed by atoms with Crippen LogP contribution in [0.3, 0.4) is 0 Å². The number of benzene rings is 1. The molecule has 2 rings (SSSR count). The van der Waals surface area contributed by atoms with Crippen LogP contribution in [0.5, 0.6) is 5.75 Å². The average Bonchev–Trinajstić information content (AvgIpc) is 2.48. The van der Waals surface area contributed by atoms with Crippen molar-refractivity contribution in [1.82, 2.24) is 10.6 Å². The predicted octanol–water partition coefficient (Wildman–Crippen LogP) is 2.63. The van der Waals surface area contributed by atoms with Crippen LogP contribution in [0.25, 0.3) is 0 Å². The number of piperidine rings is 1. The number of nitrogens with one attached hydrogen (secondary N) is 2. The van der Waals surface area contributed by atoms with Gasteiger partial charge in [0.2, 0.25) is 5.91 Å². The van der Waals surface area contributed by atoms with Crippen LogP contribution in [0.1, 0.15) is 31.4 Å². The first-order valence-electron chi connectivity index (χ1n) is 6.96. The first kappa shape index (κ1) is 15.3. The number of carbonyl (C=O) groups is 1. The Labute approximate surface area is 128 Å². The normalized spacial score (nSPS) is 17.6. The second-order valence-corrected chi connectivity index (χ2v) is 6.00. The molecule has 2 N–H and O–H groups in total. The van der Waals surface area contributed by atoms with Crippen LogP contribution in [-0.2, 0) is 4.79 Å². The van der Waals surface area contributed by atoms with Crippen molar-refractivity contribution in [3.05, 3.63) is 28.2 Å². The molecule has 5 heteroatoms. The number of rotatable bonds is 4. The second-order valence-electron chi connectivity index (χ2n) is 5.15. The van der Waals surface area contributed by atoms with Gasteiger partial charge in [-0.05, 0) is 66.5 Å². The van der Waals surface area contributed by atoms with E-state index in [0.717, 1.165) is 41.7 Å². The Bertz CT molecular complexity index is 473. The molecule has 110 valence electrons. The highest BCUT2D eigenvalue weighted by Gasteiger charge is 2.22. The van der Waals surface area contributed by atoms with Crippen molar-refractivity contribution in [2.45, 2.75) is 25.8 Å². The highest BCUT2D eigenvalue weighted by molar-refractivity contribution is 9.10. The topological polar surface area (TPSA) is 50.4 Å². The molecule has 1 atom stereocenters. The van der Waals surface area contributed by atoms with Gasteiger partial charge in [0.05, 0.1) is 17.6 Å². The number of hydrogen-bond donors (Lipinski definition) is 2. The third-order valence-corrected chi connectivity index (χ3v) is 4.36. The first-order valence-corrected chi connectivity index (χ1v) is 7.75. The summed E-state index contributed by atoms with van der Waals surface area (Å²) >= 11 is 3.47. The SMILES string of the molecule is COc1ccc(C(C)NC(=O)C2CCNCC2)cc1Br. The summed E-state index contributed by atoms with van der Waals surface area (Å²) in [5, 5.41) is 6.38. The molecule has 1 fully saturated rings. The molecule has 0 aliphatic carbocycles. The third kappa shape index (κ3) is 3.73. The molecule has 0 radical (unpaired) electrons. The molecule has 1 aromatic rings. The maximum Gasteiger partial charge on any atom is 0.223 e. The molecule has 1 saturated heterocycles. The maximum absolute atomic E-state index is 12.2. The number of methoxy groups -OCH3 is 1. The Hall–Kier alpha value is -1.07. The van der Waals surface area contributed by atoms with Crippen molar-refractivity contribution in [2.24, 2.45) is 5.92 Å². The van der Waals surface area contributed by atoms with Crippen LogP contribution in [0.2, 0.25) is 0 Å². The summed E-state index contributed by atoms with van der Waals surface area (Å²) < 4.78 is 6.12. The molecule has 1 amide bonds. The zero-order chi connectivity index (χ0) is 14.5. The van der Waals surface area contributed by atoms with Crippen molar-refractivity contribution in [3.63, 3.8) is 0 Å². The van der Waals surface area contributed by atoms with Crippen molar-refractivity contribution >= 4 is 21.8 Å². The van der Waals surface area contributed by atoms with Gasteiger partial charge in [-0.3, -0.25) is 4.79 Å². The van der Waals surface area contributed by atoms with Gasteiger partial charge in [-0.2, -0.15) is 0 Å². The molecule has 0 spiro atoms. The number of amides is 1. The van der Waals surface area contributed by atoms with E-state index in [1.165, 1.54) is 0 Å². The van der Waals surface area contributed by atoms with E-state index in [1.54, 1.807) is 7.11 Å². The summed E-state index contributed by atoms with van der Waals surface area (Å²) in [6.45, 7) is 3.87. The monoisotopic (exact) mass is 340 g/mol. The number of carbonyl (C=O) groups excluding carboxylic acids is 1. The van der Waals surface area contributed by atoms with Gasteiger partial charge >= 0.3 is 0 Å². The van der Waals surface area contributed by atoms with E-state index in [1.807, 2.05) is 25.1 Å². The summed E-state index contributed by atoms with van der Waals surface area (Å²) in [6.07, 6.45) is 1.84. The lowest BCUT2D eigenvalue weighted by molar-refractivity contribution is -0.126. The minimum atomic E-state index is -0.000378. The summed E-state index contributed by atoms with van der Waals surface area (Å²) in [6, 6.07) is 5.88. The van der Waals surface area contributed by atoms with Crippen LogP contribution < -0.4 is 15.4 Å². The van der Waals surface area contributed by atoms with Crippen molar-refractivity contribution in [2.75, 3.05) is 20.2 Å². The molecule has 0 aromatic heterocycles. The van der Waals surface area contributed by atoms with E-state index in [9.17, 15) is 4.79 Å². The molecular weight excluding hydrogens is 320 g/mol. The van der Waals surface area contributed by atoms with E-state index in [0.29, 0.717) is 0 Å². The van der Waals surface area contributed by atoms with Crippen molar-refractivity contribution in [1.29, 1.82) is 0 Å². The molecule has 4 nitrogen and oxygen atoms in total. The lowest BCUT2D eigenvalue weighted by Crippen LogP contribution is -2.39. The Morgan fingerprint density at radius 1 is 1.45 bits per heavy atom. The van der Waals surface area contributed by atoms with Crippen LogP contribution in [-0.4, -0.2) is 26.1 Å². The number of ether oxygens (including phenoxy) is 1. The van der Waals surface area contributed by atoms with Crippen LogP contribution >= 0.6 is 15.9 Å². The minimum absolute atomic E-state index is 0.000378. The zero-order valence-corrected chi connectivity index (χ0v) is 13.5. The lowest BCUT2D eigenvalue weighted by atomic mass is 9.96. The standard InChI is InChI=1S/C15H21BrN2O2/c1-10(12-3-4-14(20-2)13(16)9-12)18-15(19)11-5-7-17-8-6-11/h3-4,9-11,17H,5-8H2,1-2H3,(H,18,19). The van der Waals surface area contributed by atoms with Gasteiger partial charge in [0.15, 0.2) is 0 Å². The fraction of sp³-hybridized carbons (Fsp3) is 0.533. The van der Waals surface area contributed by atoms with E-state index in [4.69, 9.17) is 4.74 Å². The van der Waals surface area contributed by atoms with Gasteiger partial charge in [0, 0.05) is 5.92 Å². The highest BCUT2D eigenvalue weighted by Crippen LogP contribution is 2.28. The molecule has 0 bridgehead atoms. The Morgan fingerprint density at radius 2 is 2.15 bits per heavy atom. The summed E-state index contributed by atoms with van der Waals surface area (Å²) in [5.41, 5.74) is 1.07. The maximum atomic E-state index is 12.2. The van der Waals surface area contributed by atoms with Gasteiger partial charge < -0.3 is 15.4 Å². The molecule has 0 saturated carbocycles. The van der Waals surface area contributed by atoms with Gasteiger partial charge in [-0.25, -0.2) is 0 Å². The van der Waals surface area contributed by atoms with Gasteiger partial charge in [0.25, 0.3) is 0 Å². The third-order valence-electron chi connectivity index (χ3n) is 3.74. The Morgan fingerprint density at radius 3 is 2.75 bits per heavy atom. The summed E-state index contributed by atoms with van der Waals surface area (Å²) in [4.78, 5) is 12.2. The van der Waals surface area contributed by atoms with E-state index < -0.39 is 0 Å². The molecule has 1 aromatic carbocycles.